The van der Waals surface area contributed by atoms with E-state index in [0.717, 1.165) is 4.47 Å². The van der Waals surface area contributed by atoms with Crippen LogP contribution in [0.2, 0.25) is 5.02 Å². The molecule has 0 aliphatic heterocycles. The summed E-state index contributed by atoms with van der Waals surface area (Å²) in [6.07, 6.45) is 1.14. The number of nitrogens with one attached hydrogen (secondary N) is 2. The standard InChI is InChI=1S/C14H18BrClN2O3/c1-3-6-14(2,13(20)21)17-8-12(19)18-11-5-4-9(15)7-10(11)16/h4-5,7,17H,3,6,8H2,1-2H3,(H,18,19)(H,20,21). The van der Waals surface area contributed by atoms with Gasteiger partial charge in [-0.3, -0.25) is 14.9 Å². The molecule has 1 aromatic carbocycles. The van der Waals surface area contributed by atoms with E-state index in [1.807, 2.05) is 6.92 Å². The van der Waals surface area contributed by atoms with E-state index >= 15 is 0 Å². The molecule has 0 fully saturated rings. The lowest BCUT2D eigenvalue weighted by atomic mass is 9.96. The lowest BCUT2D eigenvalue weighted by molar-refractivity contribution is -0.144. The molecular weight excluding hydrogens is 360 g/mol. The molecule has 1 amide bonds. The van der Waals surface area contributed by atoms with Crippen molar-refractivity contribution in [2.24, 2.45) is 0 Å². The van der Waals surface area contributed by atoms with Crippen molar-refractivity contribution in [2.45, 2.75) is 32.2 Å². The minimum absolute atomic E-state index is 0.102. The fraction of sp³-hybridized carbons (Fsp3) is 0.429. The Morgan fingerprint density at radius 1 is 1.43 bits per heavy atom. The Hall–Kier alpha value is -1.11. The van der Waals surface area contributed by atoms with Crippen LogP contribution >= 0.6 is 27.5 Å². The number of benzene rings is 1. The third kappa shape index (κ3) is 5.30. The Labute approximate surface area is 137 Å². The van der Waals surface area contributed by atoms with Crippen LogP contribution in [-0.4, -0.2) is 29.1 Å². The molecule has 1 rings (SSSR count). The van der Waals surface area contributed by atoms with Gasteiger partial charge in [-0.15, -0.1) is 0 Å². The first-order valence-electron chi connectivity index (χ1n) is 6.52. The van der Waals surface area contributed by atoms with Crippen molar-refractivity contribution in [3.05, 3.63) is 27.7 Å². The summed E-state index contributed by atoms with van der Waals surface area (Å²) in [6, 6.07) is 5.10. The van der Waals surface area contributed by atoms with Crippen molar-refractivity contribution in [2.75, 3.05) is 11.9 Å². The van der Waals surface area contributed by atoms with Crippen LogP contribution < -0.4 is 10.6 Å². The molecule has 1 unspecified atom stereocenters. The number of anilines is 1. The fourth-order valence-corrected chi connectivity index (χ4v) is 2.55. The molecule has 1 atom stereocenters. The predicted molar refractivity (Wildman–Crippen MR) is 86.7 cm³/mol. The maximum atomic E-state index is 11.9. The summed E-state index contributed by atoms with van der Waals surface area (Å²) in [5, 5.41) is 15.1. The maximum absolute atomic E-state index is 11.9. The predicted octanol–water partition coefficient (Wildman–Crippen LogP) is 3.27. The van der Waals surface area contributed by atoms with Crippen LogP contribution in [0, 0.1) is 0 Å². The van der Waals surface area contributed by atoms with Crippen LogP contribution in [-0.2, 0) is 9.59 Å². The topological polar surface area (TPSA) is 78.4 Å². The van der Waals surface area contributed by atoms with E-state index in [-0.39, 0.29) is 12.5 Å². The normalized spacial score (nSPS) is 13.5. The monoisotopic (exact) mass is 376 g/mol. The van der Waals surface area contributed by atoms with Gasteiger partial charge in [-0.05, 0) is 31.5 Å². The Bertz CT molecular complexity index is 539. The number of halogens is 2. The lowest BCUT2D eigenvalue weighted by Gasteiger charge is -2.25. The van der Waals surface area contributed by atoms with Gasteiger partial charge in [-0.25, -0.2) is 0 Å². The van der Waals surface area contributed by atoms with Crippen LogP contribution in [0.3, 0.4) is 0 Å². The molecule has 116 valence electrons. The van der Waals surface area contributed by atoms with Crippen LogP contribution in [0.5, 0.6) is 0 Å². The molecule has 0 aliphatic carbocycles. The molecular formula is C14H18BrClN2O3. The van der Waals surface area contributed by atoms with Gasteiger partial charge in [0, 0.05) is 4.47 Å². The molecule has 0 radical (unpaired) electrons. The highest BCUT2D eigenvalue weighted by atomic mass is 79.9. The SMILES string of the molecule is CCCC(C)(NCC(=O)Nc1ccc(Br)cc1Cl)C(=O)O. The largest absolute Gasteiger partial charge is 0.480 e. The number of hydrogen-bond donors (Lipinski definition) is 3. The summed E-state index contributed by atoms with van der Waals surface area (Å²) < 4.78 is 0.810. The van der Waals surface area contributed by atoms with Gasteiger partial charge in [0.05, 0.1) is 17.3 Å². The molecule has 0 saturated heterocycles. The molecule has 1 aromatic rings. The Balaban J connectivity index is 2.63. The molecule has 0 aromatic heterocycles. The van der Waals surface area contributed by atoms with Gasteiger partial charge in [0.2, 0.25) is 5.91 Å². The van der Waals surface area contributed by atoms with Crippen LogP contribution in [0.15, 0.2) is 22.7 Å². The maximum Gasteiger partial charge on any atom is 0.323 e. The van der Waals surface area contributed by atoms with E-state index in [1.165, 1.54) is 0 Å². The van der Waals surface area contributed by atoms with Gasteiger partial charge in [0.25, 0.3) is 0 Å². The molecule has 0 saturated carbocycles. The lowest BCUT2D eigenvalue weighted by Crippen LogP contribution is -2.51. The Kier molecular flexibility index (Phi) is 6.64. The molecule has 0 spiro atoms. The fourth-order valence-electron chi connectivity index (χ4n) is 1.83. The van der Waals surface area contributed by atoms with Gasteiger partial charge in [-0.1, -0.05) is 40.9 Å². The first-order chi connectivity index (χ1) is 9.78. The van der Waals surface area contributed by atoms with Gasteiger partial charge in [0.1, 0.15) is 5.54 Å². The minimum atomic E-state index is -1.12. The highest BCUT2D eigenvalue weighted by Gasteiger charge is 2.31. The van der Waals surface area contributed by atoms with Crippen LogP contribution in [0.4, 0.5) is 5.69 Å². The smallest absolute Gasteiger partial charge is 0.323 e. The third-order valence-electron chi connectivity index (χ3n) is 3.07. The van der Waals surface area contributed by atoms with Crippen molar-refractivity contribution < 1.29 is 14.7 Å². The molecule has 0 aliphatic rings. The zero-order valence-electron chi connectivity index (χ0n) is 11.9. The number of hydrogen-bond acceptors (Lipinski definition) is 3. The Morgan fingerprint density at radius 3 is 2.62 bits per heavy atom. The number of aliphatic carboxylic acids is 1. The highest BCUT2D eigenvalue weighted by Crippen LogP contribution is 2.25. The quantitative estimate of drug-likeness (QED) is 0.681. The minimum Gasteiger partial charge on any atom is -0.480 e. The van der Waals surface area contributed by atoms with Gasteiger partial charge >= 0.3 is 5.97 Å². The molecule has 3 N–H and O–H groups in total. The number of carboxylic acid groups (broad SMARTS) is 1. The average Bonchev–Trinajstić information content (AvgIpc) is 2.40. The van der Waals surface area contributed by atoms with Gasteiger partial charge in [-0.2, -0.15) is 0 Å². The summed E-state index contributed by atoms with van der Waals surface area (Å²) in [7, 11) is 0. The number of rotatable bonds is 7. The zero-order valence-corrected chi connectivity index (χ0v) is 14.2. The van der Waals surface area contributed by atoms with Gasteiger partial charge < -0.3 is 10.4 Å². The second-order valence-corrected chi connectivity index (χ2v) is 6.24. The zero-order chi connectivity index (χ0) is 16.0. The Morgan fingerprint density at radius 2 is 2.10 bits per heavy atom. The molecule has 0 bridgehead atoms. The van der Waals surface area contributed by atoms with E-state index in [4.69, 9.17) is 11.6 Å². The first kappa shape index (κ1) is 17.9. The summed E-state index contributed by atoms with van der Waals surface area (Å²) >= 11 is 9.28. The summed E-state index contributed by atoms with van der Waals surface area (Å²) in [5.41, 5.74) is -0.630. The van der Waals surface area contributed by atoms with Gasteiger partial charge in [0.15, 0.2) is 0 Å². The molecule has 5 nitrogen and oxygen atoms in total. The van der Waals surface area contributed by atoms with E-state index < -0.39 is 11.5 Å². The van der Waals surface area contributed by atoms with E-state index in [1.54, 1.807) is 25.1 Å². The molecule has 7 heteroatoms. The van der Waals surface area contributed by atoms with E-state index in [9.17, 15) is 14.7 Å². The second kappa shape index (κ2) is 7.77. The van der Waals surface area contributed by atoms with E-state index in [2.05, 4.69) is 26.6 Å². The number of carbonyl (C=O) groups is 2. The van der Waals surface area contributed by atoms with Crippen LogP contribution in [0.1, 0.15) is 26.7 Å². The number of carbonyl (C=O) groups excluding carboxylic acids is 1. The molecule has 0 heterocycles. The summed E-state index contributed by atoms with van der Waals surface area (Å²) in [6.45, 7) is 3.36. The second-order valence-electron chi connectivity index (χ2n) is 4.91. The number of carboxylic acids is 1. The molecule has 21 heavy (non-hydrogen) atoms. The van der Waals surface area contributed by atoms with Crippen LogP contribution in [0.25, 0.3) is 0 Å². The van der Waals surface area contributed by atoms with Crippen molar-refractivity contribution in [3.63, 3.8) is 0 Å². The average molecular weight is 378 g/mol. The summed E-state index contributed by atoms with van der Waals surface area (Å²) in [4.78, 5) is 23.1. The van der Waals surface area contributed by atoms with Crippen molar-refractivity contribution >= 4 is 45.1 Å². The number of amides is 1. The van der Waals surface area contributed by atoms with E-state index in [0.29, 0.717) is 23.6 Å². The summed E-state index contributed by atoms with van der Waals surface area (Å²) in [5.74, 6) is -1.32. The van der Waals surface area contributed by atoms with Crippen molar-refractivity contribution in [1.29, 1.82) is 0 Å². The van der Waals surface area contributed by atoms with Crippen molar-refractivity contribution in [3.8, 4) is 0 Å². The first-order valence-corrected chi connectivity index (χ1v) is 7.69. The third-order valence-corrected chi connectivity index (χ3v) is 3.87. The highest BCUT2D eigenvalue weighted by molar-refractivity contribution is 9.10. The van der Waals surface area contributed by atoms with Crippen molar-refractivity contribution in [1.82, 2.24) is 5.32 Å².